The van der Waals surface area contributed by atoms with E-state index in [2.05, 4.69) is 41.8 Å². The van der Waals surface area contributed by atoms with Crippen molar-refractivity contribution in [3.8, 4) is 0 Å². The van der Waals surface area contributed by atoms with E-state index in [1.165, 1.54) is 16.5 Å². The van der Waals surface area contributed by atoms with Gasteiger partial charge >= 0.3 is 12.2 Å². The molecule has 3 saturated carbocycles. The van der Waals surface area contributed by atoms with Crippen molar-refractivity contribution < 1.29 is 41.9 Å². The Kier molecular flexibility index (Phi) is 11.0. The summed E-state index contributed by atoms with van der Waals surface area (Å²) in [5, 5.41) is 5.02. The molecule has 3 N–H and O–H groups in total. The van der Waals surface area contributed by atoms with Gasteiger partial charge in [-0.3, -0.25) is 24.0 Å². The van der Waals surface area contributed by atoms with Crippen molar-refractivity contribution in [2.75, 3.05) is 13.2 Å². The molecule has 0 aromatic heterocycles. The van der Waals surface area contributed by atoms with Gasteiger partial charge in [0.15, 0.2) is 0 Å². The van der Waals surface area contributed by atoms with E-state index >= 15 is 0 Å². The first kappa shape index (κ1) is 39.1. The van der Waals surface area contributed by atoms with Gasteiger partial charge in [0.2, 0.25) is 21.8 Å². The van der Waals surface area contributed by atoms with Gasteiger partial charge in [0.25, 0.3) is 5.91 Å². The molecule has 1 saturated heterocycles. The first-order chi connectivity index (χ1) is 26.2. The fourth-order valence-corrected chi connectivity index (χ4v) is 10.3. The summed E-state index contributed by atoms with van der Waals surface area (Å²) in [6, 6.07) is 3.94. The lowest BCUT2D eigenvalue weighted by Crippen LogP contribution is -2.59. The number of ether oxygens (including phenoxy) is 2. The topological polar surface area (TPSA) is 181 Å². The van der Waals surface area contributed by atoms with Gasteiger partial charge in [0.1, 0.15) is 23.7 Å². The predicted molar refractivity (Wildman–Crippen MR) is 202 cm³/mol. The standard InChI is InChI=1S/C40H55N5O9S/c1-4-28-20-40(28,36(48)43-55(51,52)30-16-17-30)42-34(46)32-19-29-22-45(32)35(47)33(26-12-6-5-7-13-26)41-37(49)53-24-39(2,3)18-9-8-11-25-14-10-15-27-21-44(23-31(25)27)38(50)54-29/h4,10,14-15,26,28-30,32-33H,1,5-9,11-13,16-24H2,2-3H3,(H,41,49)(H,42,46)(H,43,48)/t28-,29+,32-,33-,40+/m0/s1. The molecular formula is C40H55N5O9S. The molecule has 15 heteroatoms. The molecule has 300 valence electrons. The zero-order chi connectivity index (χ0) is 39.1. The van der Waals surface area contributed by atoms with Crippen LogP contribution in [0.25, 0.3) is 0 Å². The van der Waals surface area contributed by atoms with Crippen LogP contribution in [0.15, 0.2) is 30.9 Å². The normalized spacial score (nSPS) is 30.4. The zero-order valence-corrected chi connectivity index (χ0v) is 32.8. The van der Waals surface area contributed by atoms with Crippen LogP contribution in [0.4, 0.5) is 9.59 Å². The fourth-order valence-electron chi connectivity index (χ4n) is 8.91. The molecule has 3 heterocycles. The lowest BCUT2D eigenvalue weighted by atomic mass is 9.83. The van der Waals surface area contributed by atoms with E-state index < -0.39 is 74.8 Å². The number of hydrogen-bond acceptors (Lipinski definition) is 9. The average molecular weight is 782 g/mol. The minimum Gasteiger partial charge on any atom is -0.449 e. The lowest BCUT2D eigenvalue weighted by Gasteiger charge is -2.35. The van der Waals surface area contributed by atoms with Crippen LogP contribution in [0.2, 0.25) is 0 Å². The Labute approximate surface area is 323 Å². The van der Waals surface area contributed by atoms with Crippen LogP contribution in [-0.4, -0.2) is 90.3 Å². The molecule has 0 unspecified atom stereocenters. The average Bonchev–Trinajstić information content (AvgIpc) is 4.05. The van der Waals surface area contributed by atoms with Gasteiger partial charge in [-0.2, -0.15) is 0 Å². The van der Waals surface area contributed by atoms with Gasteiger partial charge in [-0.25, -0.2) is 18.0 Å². The highest BCUT2D eigenvalue weighted by Crippen LogP contribution is 2.45. The number of fused-ring (bicyclic) bond motifs is 3. The molecule has 3 aliphatic carbocycles. The number of cyclic esters (lactones) is 1. The van der Waals surface area contributed by atoms with E-state index in [0.717, 1.165) is 56.1 Å². The fraction of sp³-hybridized carbons (Fsp3) is 0.675. The monoisotopic (exact) mass is 781 g/mol. The highest BCUT2D eigenvalue weighted by Gasteiger charge is 2.62. The number of rotatable bonds is 7. The van der Waals surface area contributed by atoms with Crippen molar-refractivity contribution in [1.29, 1.82) is 0 Å². The summed E-state index contributed by atoms with van der Waals surface area (Å²) in [5.74, 6) is -2.77. The molecule has 3 aliphatic heterocycles. The Morgan fingerprint density at radius 3 is 2.45 bits per heavy atom. The van der Waals surface area contributed by atoms with Gasteiger partial charge in [-0.05, 0) is 79.4 Å². The molecule has 5 atom stereocenters. The lowest BCUT2D eigenvalue weighted by molar-refractivity contribution is -0.142. The second-order valence-corrected chi connectivity index (χ2v) is 19.3. The zero-order valence-electron chi connectivity index (χ0n) is 32.0. The number of sulfonamides is 1. The van der Waals surface area contributed by atoms with Crippen LogP contribution >= 0.6 is 0 Å². The third-order valence-electron chi connectivity index (χ3n) is 12.5. The molecule has 6 aliphatic rings. The molecule has 7 rings (SSSR count). The number of benzene rings is 1. The van der Waals surface area contributed by atoms with E-state index in [-0.39, 0.29) is 37.3 Å². The quantitative estimate of drug-likeness (QED) is 0.342. The number of carbonyl (C=O) groups is 5. The molecule has 55 heavy (non-hydrogen) atoms. The Morgan fingerprint density at radius 2 is 1.75 bits per heavy atom. The number of nitrogens with one attached hydrogen (secondary N) is 3. The van der Waals surface area contributed by atoms with Crippen molar-refractivity contribution in [3.63, 3.8) is 0 Å². The van der Waals surface area contributed by atoms with E-state index in [9.17, 15) is 32.4 Å². The van der Waals surface area contributed by atoms with Crippen LogP contribution in [0.1, 0.15) is 108 Å². The third-order valence-corrected chi connectivity index (χ3v) is 14.3. The molecule has 0 radical (unpaired) electrons. The summed E-state index contributed by atoms with van der Waals surface area (Å²) >= 11 is 0. The van der Waals surface area contributed by atoms with Crippen molar-refractivity contribution in [2.24, 2.45) is 17.3 Å². The molecular weight excluding hydrogens is 727 g/mol. The number of aryl methyl sites for hydroxylation is 1. The summed E-state index contributed by atoms with van der Waals surface area (Å²) < 4.78 is 39.4. The van der Waals surface area contributed by atoms with Crippen LogP contribution in [-0.2, 0) is 53.4 Å². The molecule has 4 fully saturated rings. The SMILES string of the molecule is C=C[C@H]1C[C@]1(NC(=O)[C@@H]1C[C@@H]2CN1C(=O)[C@H](C1CCCCC1)NC(=O)OCC(C)(C)CCCCc1cccc3c1CN(C3)C(=O)O2)C(=O)NS(=O)(=O)C1CC1. The van der Waals surface area contributed by atoms with Crippen molar-refractivity contribution in [1.82, 2.24) is 25.2 Å². The summed E-state index contributed by atoms with van der Waals surface area (Å²) in [6.45, 7) is 8.72. The molecule has 0 spiro atoms. The first-order valence-corrected chi connectivity index (χ1v) is 21.5. The number of alkyl carbamates (subject to hydrolysis) is 1. The van der Waals surface area contributed by atoms with E-state index in [1.54, 1.807) is 4.90 Å². The predicted octanol–water partition coefficient (Wildman–Crippen LogP) is 4.21. The summed E-state index contributed by atoms with van der Waals surface area (Å²) in [7, 11) is -3.91. The van der Waals surface area contributed by atoms with Crippen LogP contribution in [0.3, 0.4) is 0 Å². The van der Waals surface area contributed by atoms with Gasteiger partial charge in [-0.15, -0.1) is 6.58 Å². The van der Waals surface area contributed by atoms with Crippen LogP contribution < -0.4 is 15.4 Å². The minimum atomic E-state index is -3.91. The van der Waals surface area contributed by atoms with Gasteiger partial charge in [-0.1, -0.05) is 63.8 Å². The number of hydrogen-bond donors (Lipinski definition) is 3. The number of amides is 5. The van der Waals surface area contributed by atoms with E-state index in [1.807, 2.05) is 12.1 Å². The second kappa shape index (κ2) is 15.4. The second-order valence-electron chi connectivity index (χ2n) is 17.3. The van der Waals surface area contributed by atoms with E-state index in [0.29, 0.717) is 38.8 Å². The Morgan fingerprint density at radius 1 is 1.00 bits per heavy atom. The highest BCUT2D eigenvalue weighted by atomic mass is 32.2. The molecule has 1 aromatic carbocycles. The van der Waals surface area contributed by atoms with Gasteiger partial charge in [0, 0.05) is 25.4 Å². The number of carbonyl (C=O) groups excluding carboxylic acids is 5. The first-order valence-electron chi connectivity index (χ1n) is 20.0. The van der Waals surface area contributed by atoms with Crippen molar-refractivity contribution in [2.45, 2.75) is 139 Å². The maximum atomic E-state index is 14.7. The Hall–Kier alpha value is -4.14. The van der Waals surface area contributed by atoms with Crippen LogP contribution in [0, 0.1) is 17.3 Å². The summed E-state index contributed by atoms with van der Waals surface area (Å²) in [6.07, 6.45) is 8.06. The maximum absolute atomic E-state index is 14.7. The Bertz CT molecular complexity index is 1820. The van der Waals surface area contributed by atoms with E-state index in [4.69, 9.17) is 9.47 Å². The maximum Gasteiger partial charge on any atom is 0.410 e. The smallest absolute Gasteiger partial charge is 0.410 e. The molecule has 14 nitrogen and oxygen atoms in total. The largest absolute Gasteiger partial charge is 0.449 e. The van der Waals surface area contributed by atoms with Crippen molar-refractivity contribution in [3.05, 3.63) is 47.5 Å². The van der Waals surface area contributed by atoms with Gasteiger partial charge < -0.3 is 25.0 Å². The van der Waals surface area contributed by atoms with Crippen LogP contribution in [0.5, 0.6) is 0 Å². The third kappa shape index (κ3) is 8.51. The molecule has 5 amide bonds. The summed E-state index contributed by atoms with van der Waals surface area (Å²) in [5.41, 5.74) is 1.48. The highest BCUT2D eigenvalue weighted by molar-refractivity contribution is 7.91. The number of nitrogens with zero attached hydrogens (tertiary/aromatic N) is 2. The molecule has 4 bridgehead atoms. The Balaban J connectivity index is 1.17. The summed E-state index contributed by atoms with van der Waals surface area (Å²) in [4.78, 5) is 72.8. The van der Waals surface area contributed by atoms with Crippen molar-refractivity contribution >= 4 is 39.9 Å². The van der Waals surface area contributed by atoms with Gasteiger partial charge in [0.05, 0.1) is 18.4 Å². The minimum absolute atomic E-state index is 0.0534. The molecule has 1 aromatic rings.